The minimum Gasteiger partial charge on any atom is -0.407 e. The van der Waals surface area contributed by atoms with Crippen molar-refractivity contribution in [2.45, 2.75) is 52.5 Å². The average molecular weight is 384 g/mol. The zero-order valence-electron chi connectivity index (χ0n) is 17.7. The maximum Gasteiger partial charge on any atom is 0.261 e. The predicted octanol–water partition coefficient (Wildman–Crippen LogP) is 4.57. The first-order valence-electron chi connectivity index (χ1n) is 10.3. The summed E-state index contributed by atoms with van der Waals surface area (Å²) < 4.78 is 7.01. The van der Waals surface area contributed by atoms with Crippen LogP contribution in [0.2, 0.25) is 5.04 Å². The van der Waals surface area contributed by atoms with Crippen LogP contribution in [-0.2, 0) is 4.43 Å². The molecular weight excluding hydrogens is 346 g/mol. The Hall–Kier alpha value is -1.42. The molecule has 0 amide bonds. The Balaban J connectivity index is 2.38. The van der Waals surface area contributed by atoms with Gasteiger partial charge in [-0.05, 0) is 46.6 Å². The number of benzene rings is 2. The number of rotatable bonds is 9. The lowest BCUT2D eigenvalue weighted by atomic mass is 9.95. The zero-order valence-corrected chi connectivity index (χ0v) is 18.7. The third-order valence-electron chi connectivity index (χ3n) is 5.47. The van der Waals surface area contributed by atoms with E-state index in [0.29, 0.717) is 11.8 Å². The van der Waals surface area contributed by atoms with Gasteiger partial charge in [0.15, 0.2) is 0 Å². The van der Waals surface area contributed by atoms with Crippen LogP contribution in [0.5, 0.6) is 0 Å². The lowest BCUT2D eigenvalue weighted by Crippen LogP contribution is -2.66. The second kappa shape index (κ2) is 9.68. The van der Waals surface area contributed by atoms with Crippen molar-refractivity contribution in [3.63, 3.8) is 0 Å². The second-order valence-electron chi connectivity index (χ2n) is 9.00. The van der Waals surface area contributed by atoms with Crippen LogP contribution < -0.4 is 16.1 Å². The van der Waals surface area contributed by atoms with Crippen LogP contribution in [0.3, 0.4) is 0 Å². The van der Waals surface area contributed by atoms with Gasteiger partial charge in [0.2, 0.25) is 0 Å². The van der Waals surface area contributed by atoms with Gasteiger partial charge < -0.3 is 10.2 Å². The van der Waals surface area contributed by atoms with E-state index in [2.05, 4.69) is 95.3 Å². The van der Waals surface area contributed by atoms with Gasteiger partial charge in [-0.25, -0.2) is 0 Å². The van der Waals surface area contributed by atoms with Crippen LogP contribution in [0, 0.1) is 11.8 Å². The lowest BCUT2D eigenvalue weighted by Gasteiger charge is -2.43. The molecule has 0 aromatic heterocycles. The first kappa shape index (κ1) is 21.9. The standard InChI is InChI=1S/C24H37NOSi/c1-20(16-17-25)18-21(2)19-26-27(24(3,4)5,22-12-8-6-9-13-22)23-14-10-7-11-15-23/h6-15,20-21H,16-19,25H2,1-5H3/t20-,21-/m1/s1. The van der Waals surface area contributed by atoms with E-state index in [1.165, 1.54) is 10.4 Å². The molecule has 0 aliphatic rings. The fraction of sp³-hybridized carbons (Fsp3) is 0.500. The fourth-order valence-electron chi connectivity index (χ4n) is 4.19. The summed E-state index contributed by atoms with van der Waals surface area (Å²) >= 11 is 0. The molecule has 0 radical (unpaired) electrons. The summed E-state index contributed by atoms with van der Waals surface area (Å²) in [7, 11) is -2.41. The van der Waals surface area contributed by atoms with E-state index in [4.69, 9.17) is 10.2 Å². The Kier molecular flexibility index (Phi) is 7.84. The van der Waals surface area contributed by atoms with Crippen LogP contribution in [0.4, 0.5) is 0 Å². The summed E-state index contributed by atoms with van der Waals surface area (Å²) in [5.41, 5.74) is 5.73. The molecule has 0 spiro atoms. The minimum absolute atomic E-state index is 0.0400. The van der Waals surface area contributed by atoms with Crippen LogP contribution in [-0.4, -0.2) is 21.5 Å². The van der Waals surface area contributed by atoms with Gasteiger partial charge in [0.05, 0.1) is 0 Å². The summed E-state index contributed by atoms with van der Waals surface area (Å²) in [4.78, 5) is 0. The maximum atomic E-state index is 7.01. The van der Waals surface area contributed by atoms with E-state index >= 15 is 0 Å². The van der Waals surface area contributed by atoms with Crippen molar-refractivity contribution in [2.75, 3.05) is 13.2 Å². The summed E-state index contributed by atoms with van der Waals surface area (Å²) in [5, 5.41) is 2.75. The molecule has 0 saturated heterocycles. The highest BCUT2D eigenvalue weighted by Crippen LogP contribution is 2.37. The molecule has 0 unspecified atom stereocenters. The number of nitrogens with two attached hydrogens (primary N) is 1. The van der Waals surface area contributed by atoms with Crippen molar-refractivity contribution in [2.24, 2.45) is 17.6 Å². The maximum absolute atomic E-state index is 7.01. The third-order valence-corrected chi connectivity index (χ3v) is 10.5. The Morgan fingerprint density at radius 1 is 0.852 bits per heavy atom. The normalized spacial score (nSPS) is 14.7. The number of hydrogen-bond donors (Lipinski definition) is 1. The third kappa shape index (κ3) is 5.31. The van der Waals surface area contributed by atoms with E-state index < -0.39 is 8.32 Å². The molecular formula is C24H37NOSi. The molecule has 0 heterocycles. The molecule has 0 aliphatic carbocycles. The molecule has 2 N–H and O–H groups in total. The van der Waals surface area contributed by atoms with Gasteiger partial charge in [0.1, 0.15) is 0 Å². The number of hydrogen-bond acceptors (Lipinski definition) is 2. The lowest BCUT2D eigenvalue weighted by molar-refractivity contribution is 0.221. The Bertz CT molecular complexity index is 626. The van der Waals surface area contributed by atoms with Gasteiger partial charge in [-0.3, -0.25) is 0 Å². The Morgan fingerprint density at radius 3 is 1.74 bits per heavy atom. The molecule has 0 bridgehead atoms. The molecule has 0 aliphatic heterocycles. The van der Waals surface area contributed by atoms with E-state index in [0.717, 1.165) is 26.0 Å². The molecule has 148 valence electrons. The fourth-order valence-corrected chi connectivity index (χ4v) is 8.88. The van der Waals surface area contributed by atoms with Gasteiger partial charge in [-0.15, -0.1) is 0 Å². The highest BCUT2D eigenvalue weighted by Gasteiger charge is 2.50. The molecule has 2 aromatic carbocycles. The summed E-state index contributed by atoms with van der Waals surface area (Å²) in [6.45, 7) is 13.2. The smallest absolute Gasteiger partial charge is 0.261 e. The van der Waals surface area contributed by atoms with Crippen LogP contribution in [0.25, 0.3) is 0 Å². The quantitative estimate of drug-likeness (QED) is 0.644. The van der Waals surface area contributed by atoms with E-state index in [9.17, 15) is 0 Å². The second-order valence-corrected chi connectivity index (χ2v) is 13.3. The van der Waals surface area contributed by atoms with Crippen molar-refractivity contribution in [3.8, 4) is 0 Å². The van der Waals surface area contributed by atoms with Crippen LogP contribution >= 0.6 is 0 Å². The Morgan fingerprint density at radius 2 is 1.33 bits per heavy atom. The van der Waals surface area contributed by atoms with Crippen molar-refractivity contribution in [1.82, 2.24) is 0 Å². The SMILES string of the molecule is C[C@H](CCN)C[C@@H](C)CO[Si](c1ccccc1)(c1ccccc1)C(C)(C)C. The first-order chi connectivity index (χ1) is 12.8. The van der Waals surface area contributed by atoms with Gasteiger partial charge in [0, 0.05) is 6.61 Å². The predicted molar refractivity (Wildman–Crippen MR) is 120 cm³/mol. The van der Waals surface area contributed by atoms with Crippen molar-refractivity contribution < 1.29 is 4.43 Å². The molecule has 0 fully saturated rings. The van der Waals surface area contributed by atoms with Gasteiger partial charge in [-0.2, -0.15) is 0 Å². The van der Waals surface area contributed by atoms with Crippen LogP contribution in [0.15, 0.2) is 60.7 Å². The highest BCUT2D eigenvalue weighted by molar-refractivity contribution is 6.99. The molecule has 2 nitrogen and oxygen atoms in total. The van der Waals surface area contributed by atoms with Gasteiger partial charge >= 0.3 is 0 Å². The molecule has 2 atom stereocenters. The summed E-state index contributed by atoms with van der Waals surface area (Å²) in [6, 6.07) is 21.8. The zero-order chi connectivity index (χ0) is 19.9. The summed E-state index contributed by atoms with van der Waals surface area (Å²) in [6.07, 6.45) is 2.25. The molecule has 2 rings (SSSR count). The van der Waals surface area contributed by atoms with Crippen molar-refractivity contribution >= 4 is 18.7 Å². The minimum atomic E-state index is -2.41. The topological polar surface area (TPSA) is 35.2 Å². The van der Waals surface area contributed by atoms with Gasteiger partial charge in [0.25, 0.3) is 8.32 Å². The van der Waals surface area contributed by atoms with E-state index in [-0.39, 0.29) is 5.04 Å². The summed E-state index contributed by atoms with van der Waals surface area (Å²) in [5.74, 6) is 1.17. The average Bonchev–Trinajstić information content (AvgIpc) is 2.63. The molecule has 2 aromatic rings. The van der Waals surface area contributed by atoms with E-state index in [1.807, 2.05) is 0 Å². The van der Waals surface area contributed by atoms with Crippen molar-refractivity contribution in [1.29, 1.82) is 0 Å². The molecule has 3 heteroatoms. The largest absolute Gasteiger partial charge is 0.407 e. The van der Waals surface area contributed by atoms with E-state index in [1.54, 1.807) is 0 Å². The molecule has 27 heavy (non-hydrogen) atoms. The van der Waals surface area contributed by atoms with Crippen LogP contribution in [0.1, 0.15) is 47.5 Å². The molecule has 0 saturated carbocycles. The highest BCUT2D eigenvalue weighted by atomic mass is 28.4. The van der Waals surface area contributed by atoms with Crippen molar-refractivity contribution in [3.05, 3.63) is 60.7 Å². The monoisotopic (exact) mass is 383 g/mol. The van der Waals surface area contributed by atoms with Gasteiger partial charge in [-0.1, -0.05) is 95.3 Å². The first-order valence-corrected chi connectivity index (χ1v) is 12.2. The Labute approximate surface area is 167 Å².